The van der Waals surface area contributed by atoms with Crippen LogP contribution in [0.3, 0.4) is 0 Å². The zero-order valence-corrected chi connectivity index (χ0v) is 39.3. The number of nitrogens with zero attached hydrogens (tertiary/aromatic N) is 1. The lowest BCUT2D eigenvalue weighted by molar-refractivity contribution is 0.487. The van der Waals surface area contributed by atoms with E-state index in [2.05, 4.69) is 146 Å². The van der Waals surface area contributed by atoms with Crippen LogP contribution in [-0.4, -0.2) is 6.71 Å². The van der Waals surface area contributed by atoms with Crippen LogP contribution in [0.15, 0.2) is 247 Å². The van der Waals surface area contributed by atoms with Gasteiger partial charge in [-0.15, -0.1) is 0 Å². The highest BCUT2D eigenvalue weighted by Gasteiger charge is 2.32. The van der Waals surface area contributed by atoms with E-state index in [0.29, 0.717) is 11.4 Å². The highest BCUT2D eigenvalue weighted by atomic mass is 19.1. The number of furan rings is 1. The monoisotopic (exact) mass is 923 g/mol. The minimum Gasteiger partial charge on any atom is -0.457 e. The Morgan fingerprint density at radius 2 is 1.03 bits per heavy atom. The van der Waals surface area contributed by atoms with Crippen molar-refractivity contribution in [2.75, 3.05) is 4.90 Å². The number of para-hydroxylation sites is 3. The van der Waals surface area contributed by atoms with Crippen molar-refractivity contribution in [3.05, 3.63) is 254 Å². The fourth-order valence-electron chi connectivity index (χ4n) is 11.5. The molecule has 13 aromatic rings. The topological polar surface area (TPSA) is 25.6 Å². The molecule has 14 rings (SSSR count). The zero-order chi connectivity index (χ0) is 47.9. The summed E-state index contributed by atoms with van der Waals surface area (Å²) in [6.07, 6.45) is 0. The number of ether oxygens (including phenoxy) is 1. The Balaban J connectivity index is 0.974. The summed E-state index contributed by atoms with van der Waals surface area (Å²) in [6, 6.07) is 83.9. The number of fused-ring (bicyclic) bond motifs is 9. The first-order valence-electron chi connectivity index (χ1n) is 24.5. The summed E-state index contributed by atoms with van der Waals surface area (Å²) in [6.45, 7) is 2.07. The van der Waals surface area contributed by atoms with E-state index in [4.69, 9.17) is 9.15 Å². The number of hydrogen-bond donors (Lipinski definition) is 0. The van der Waals surface area contributed by atoms with Crippen LogP contribution in [0.25, 0.3) is 87.6 Å². The van der Waals surface area contributed by atoms with Crippen molar-refractivity contribution in [3.8, 4) is 44.9 Å². The van der Waals surface area contributed by atoms with Gasteiger partial charge >= 0.3 is 0 Å². The van der Waals surface area contributed by atoms with E-state index >= 15 is 4.39 Å². The molecule has 5 heteroatoms. The van der Waals surface area contributed by atoms with Crippen LogP contribution >= 0.6 is 0 Å². The van der Waals surface area contributed by atoms with Crippen LogP contribution in [0.4, 0.5) is 21.5 Å². The molecule has 12 aromatic carbocycles. The molecule has 1 aliphatic rings. The smallest absolute Gasteiger partial charge is 0.247 e. The van der Waals surface area contributed by atoms with Crippen LogP contribution in [0.5, 0.6) is 11.5 Å². The van der Waals surface area contributed by atoms with Gasteiger partial charge in [-0.1, -0.05) is 198 Å². The Labute approximate surface area is 416 Å². The van der Waals surface area contributed by atoms with Gasteiger partial charge in [0.2, 0.25) is 6.71 Å². The van der Waals surface area contributed by atoms with E-state index in [1.165, 1.54) is 27.3 Å². The SMILES string of the molecule is Cc1ccccc1B(c1cc2c3cccc4c3c(cc2c2ccccc12)-c1ccc(N(c2ccccc2)c2c(F)cc(-c3ccccc3)cc2-c2ccccc2)cc1O4)c1cccc2c1oc1ccccc12. The minimum absolute atomic E-state index is 0.139. The van der Waals surface area contributed by atoms with Crippen molar-refractivity contribution in [1.82, 2.24) is 0 Å². The lowest BCUT2D eigenvalue weighted by Crippen LogP contribution is -2.53. The van der Waals surface area contributed by atoms with Gasteiger partial charge in [0.05, 0.1) is 11.4 Å². The van der Waals surface area contributed by atoms with E-state index < -0.39 is 0 Å². The van der Waals surface area contributed by atoms with Crippen molar-refractivity contribution in [2.24, 2.45) is 0 Å². The third-order valence-corrected chi connectivity index (χ3v) is 14.8. The lowest BCUT2D eigenvalue weighted by atomic mass is 9.35. The van der Waals surface area contributed by atoms with Crippen LogP contribution in [0.2, 0.25) is 0 Å². The first kappa shape index (κ1) is 41.8. The second-order valence-corrected chi connectivity index (χ2v) is 18.9. The van der Waals surface area contributed by atoms with Crippen molar-refractivity contribution in [2.45, 2.75) is 6.92 Å². The molecule has 0 aliphatic carbocycles. The Morgan fingerprint density at radius 3 is 1.83 bits per heavy atom. The number of rotatable bonds is 8. The molecule has 1 aliphatic heterocycles. The molecule has 0 saturated heterocycles. The molecule has 72 heavy (non-hydrogen) atoms. The summed E-state index contributed by atoms with van der Waals surface area (Å²) in [7, 11) is 0. The predicted octanol–water partition coefficient (Wildman–Crippen LogP) is 16.6. The summed E-state index contributed by atoms with van der Waals surface area (Å²) >= 11 is 0. The van der Waals surface area contributed by atoms with E-state index in [0.717, 1.165) is 99.5 Å². The molecule has 0 N–H and O–H groups in total. The molecule has 0 fully saturated rings. The Hall–Kier alpha value is -9.19. The Morgan fingerprint density at radius 1 is 0.389 bits per heavy atom. The third-order valence-electron chi connectivity index (χ3n) is 14.8. The normalized spacial score (nSPS) is 11.9. The van der Waals surface area contributed by atoms with E-state index in [1.54, 1.807) is 6.07 Å². The summed E-state index contributed by atoms with van der Waals surface area (Å²) in [5.41, 5.74) is 14.2. The second kappa shape index (κ2) is 16.8. The first-order chi connectivity index (χ1) is 35.6. The number of benzene rings is 12. The van der Waals surface area contributed by atoms with Crippen LogP contribution in [0, 0.1) is 12.7 Å². The second-order valence-electron chi connectivity index (χ2n) is 18.9. The fraction of sp³-hybridized carbons (Fsp3) is 0.0149. The molecule has 0 saturated carbocycles. The van der Waals surface area contributed by atoms with Crippen molar-refractivity contribution >= 4 is 94.4 Å². The van der Waals surface area contributed by atoms with Crippen molar-refractivity contribution in [1.29, 1.82) is 0 Å². The Kier molecular flexibility index (Phi) is 9.72. The molecule has 0 radical (unpaired) electrons. The van der Waals surface area contributed by atoms with Gasteiger partial charge in [0.15, 0.2) is 0 Å². The maximum Gasteiger partial charge on any atom is 0.247 e. The van der Waals surface area contributed by atoms with Gasteiger partial charge in [-0.25, -0.2) is 4.39 Å². The molecule has 1 aromatic heterocycles. The molecular weight excluding hydrogens is 881 g/mol. The van der Waals surface area contributed by atoms with Crippen molar-refractivity contribution < 1.29 is 13.5 Å². The lowest BCUT2D eigenvalue weighted by Gasteiger charge is -2.30. The molecule has 0 unspecified atom stereocenters. The predicted molar refractivity (Wildman–Crippen MR) is 300 cm³/mol. The van der Waals surface area contributed by atoms with Gasteiger partial charge in [-0.05, 0) is 116 Å². The summed E-state index contributed by atoms with van der Waals surface area (Å²) in [4.78, 5) is 2.03. The molecule has 0 spiro atoms. The standard InChI is InChI=1S/C67H43BFNO2/c1-42-19-11-15-31-58(42)68(59-32-17-30-53-50-28-14-16-33-62(50)72-67(53)59)60-41-56-52-29-18-34-63-65(52)57(40-55(56)48-26-12-13-27-49(48)60)51-36-35-47(39-64(51)71-63)70(46-24-9-4-10-25-46)66-54(44-22-7-3-8-23-44)37-45(38-61(66)69)43-20-5-2-6-21-43/h2-41H,1H3. The number of anilines is 3. The molecule has 3 nitrogen and oxygen atoms in total. The highest BCUT2D eigenvalue weighted by Crippen LogP contribution is 2.52. The molecule has 0 bridgehead atoms. The summed E-state index contributed by atoms with van der Waals surface area (Å²) < 4.78 is 31.2. The number of aryl methyl sites for hydroxylation is 1. The van der Waals surface area contributed by atoms with E-state index in [-0.39, 0.29) is 12.5 Å². The van der Waals surface area contributed by atoms with Gasteiger partial charge < -0.3 is 14.1 Å². The Bertz CT molecular complexity index is 4280. The molecule has 2 heterocycles. The molecule has 0 amide bonds. The highest BCUT2D eigenvalue weighted by molar-refractivity contribution is 6.98. The maximum absolute atomic E-state index is 17.4. The van der Waals surface area contributed by atoms with Gasteiger partial charge in [-0.3, -0.25) is 0 Å². The zero-order valence-electron chi connectivity index (χ0n) is 39.3. The van der Waals surface area contributed by atoms with Gasteiger partial charge in [0.1, 0.15) is 28.5 Å². The third kappa shape index (κ3) is 6.66. The van der Waals surface area contributed by atoms with Crippen LogP contribution < -0.4 is 26.0 Å². The van der Waals surface area contributed by atoms with Gasteiger partial charge in [0.25, 0.3) is 0 Å². The van der Waals surface area contributed by atoms with E-state index in [1.807, 2.05) is 102 Å². The van der Waals surface area contributed by atoms with E-state index in [9.17, 15) is 0 Å². The quantitative estimate of drug-likeness (QED) is 0.112. The maximum atomic E-state index is 17.4. The van der Waals surface area contributed by atoms with Crippen LogP contribution in [0.1, 0.15) is 5.56 Å². The number of halogens is 1. The molecule has 338 valence electrons. The summed E-state index contributed by atoms with van der Waals surface area (Å²) in [5.74, 6) is 1.15. The fourth-order valence-corrected chi connectivity index (χ4v) is 11.5. The average Bonchev–Trinajstić information content (AvgIpc) is 3.82. The number of hydrogen-bond acceptors (Lipinski definition) is 3. The molecular formula is C67H43BFNO2. The molecule has 0 atom stereocenters. The average molecular weight is 924 g/mol. The van der Waals surface area contributed by atoms with Gasteiger partial charge in [0, 0.05) is 39.0 Å². The van der Waals surface area contributed by atoms with Gasteiger partial charge in [-0.2, -0.15) is 0 Å². The first-order valence-corrected chi connectivity index (χ1v) is 24.5. The summed E-state index contributed by atoms with van der Waals surface area (Å²) in [5, 5.41) is 9.08. The largest absolute Gasteiger partial charge is 0.457 e. The van der Waals surface area contributed by atoms with Crippen LogP contribution in [-0.2, 0) is 0 Å². The van der Waals surface area contributed by atoms with Crippen molar-refractivity contribution in [3.63, 3.8) is 0 Å². The minimum atomic E-state index is -0.329.